The molecule has 2 amide bonds. The van der Waals surface area contributed by atoms with E-state index in [0.29, 0.717) is 0 Å². The molecule has 17 heavy (non-hydrogen) atoms. The molecule has 0 aliphatic carbocycles. The smallest absolute Gasteiger partial charge is 0.411 e. The number of nitrogens with one attached hydrogen (secondary N) is 2. The fraction of sp³-hybridized carbons (Fsp3) is 0.273. The first kappa shape index (κ1) is 13.5. The Morgan fingerprint density at radius 1 is 1.35 bits per heavy atom. The third-order valence-electron chi connectivity index (χ3n) is 2.00. The Hall–Kier alpha value is -1.56. The predicted octanol–water partition coefficient (Wildman–Crippen LogP) is 2.43. The number of benzene rings is 1. The fourth-order valence-corrected chi connectivity index (χ4v) is 1.59. The Morgan fingerprint density at radius 2 is 1.94 bits per heavy atom. The lowest BCUT2D eigenvalue weighted by molar-refractivity contribution is -0.120. The zero-order valence-electron chi connectivity index (χ0n) is 9.24. The van der Waals surface area contributed by atoms with Gasteiger partial charge in [0.2, 0.25) is 5.91 Å². The predicted molar refractivity (Wildman–Crippen MR) is 68.0 cm³/mol. The van der Waals surface area contributed by atoms with Crippen molar-refractivity contribution in [2.24, 2.45) is 0 Å². The molecule has 3 N–H and O–H groups in total. The van der Waals surface area contributed by atoms with Crippen molar-refractivity contribution >= 4 is 33.6 Å². The molecule has 1 atom stereocenters. The lowest BCUT2D eigenvalue weighted by Gasteiger charge is -2.14. The molecule has 0 heterocycles. The highest BCUT2D eigenvalue weighted by Crippen LogP contribution is 2.15. The molecule has 1 aromatic rings. The summed E-state index contributed by atoms with van der Waals surface area (Å²) in [4.78, 5) is 21.4. The van der Waals surface area contributed by atoms with E-state index in [1.54, 1.807) is 5.32 Å². The molecule has 0 unspecified atom stereocenters. The Kier molecular flexibility index (Phi) is 4.96. The van der Waals surface area contributed by atoms with Gasteiger partial charge >= 0.3 is 6.09 Å². The maximum Gasteiger partial charge on any atom is 0.411 e. The number of hydrogen-bond acceptors (Lipinski definition) is 3. The molecule has 0 fully saturated rings. The number of anilines is 1. The van der Waals surface area contributed by atoms with Gasteiger partial charge in [-0.05, 0) is 31.2 Å². The summed E-state index contributed by atoms with van der Waals surface area (Å²) in [6, 6.07) is 7.36. The van der Waals surface area contributed by atoms with Crippen LogP contribution in [0.25, 0.3) is 0 Å². The van der Waals surface area contributed by atoms with Crippen molar-refractivity contribution < 1.29 is 14.7 Å². The van der Waals surface area contributed by atoms with Gasteiger partial charge in [0.25, 0.3) is 0 Å². The Labute approximate surface area is 107 Å². The highest BCUT2D eigenvalue weighted by Gasteiger charge is 2.10. The summed E-state index contributed by atoms with van der Waals surface area (Å²) in [7, 11) is 0. The second kappa shape index (κ2) is 6.24. The number of rotatable bonds is 4. The van der Waals surface area contributed by atoms with Crippen molar-refractivity contribution in [2.45, 2.75) is 19.4 Å². The van der Waals surface area contributed by atoms with Crippen LogP contribution in [0.3, 0.4) is 0 Å². The highest BCUT2D eigenvalue weighted by molar-refractivity contribution is 9.10. The average Bonchev–Trinajstić information content (AvgIpc) is 2.19. The van der Waals surface area contributed by atoms with E-state index in [2.05, 4.69) is 21.2 Å². The quantitative estimate of drug-likeness (QED) is 0.798. The topological polar surface area (TPSA) is 78.4 Å². The molecule has 0 aliphatic heterocycles. The molecule has 0 aliphatic rings. The summed E-state index contributed by atoms with van der Waals surface area (Å²) in [6.45, 7) is 1.81. The average molecular weight is 301 g/mol. The molecule has 1 aromatic carbocycles. The maximum atomic E-state index is 11.2. The summed E-state index contributed by atoms with van der Waals surface area (Å²) < 4.78 is 0.972. The summed E-state index contributed by atoms with van der Waals surface area (Å²) in [5.74, 6) is -0.519. The minimum atomic E-state index is -1.33. The van der Waals surface area contributed by atoms with Gasteiger partial charge in [-0.25, -0.2) is 4.79 Å². The maximum absolute atomic E-state index is 11.2. The second-order valence-electron chi connectivity index (χ2n) is 3.61. The number of carbonyl (C=O) groups is 2. The first-order valence-electron chi connectivity index (χ1n) is 5.02. The number of amides is 2. The highest BCUT2D eigenvalue weighted by atomic mass is 79.9. The third kappa shape index (κ3) is 5.35. The molecule has 6 heteroatoms. The van der Waals surface area contributed by atoms with E-state index in [-0.39, 0.29) is 12.5 Å². The summed E-state index contributed by atoms with van der Waals surface area (Å²) in [5.41, 5.74) is 0.879. The van der Waals surface area contributed by atoms with Crippen LogP contribution in [-0.2, 0) is 4.79 Å². The number of halogens is 1. The largest absolute Gasteiger partial charge is 0.465 e. The fourth-order valence-electron chi connectivity index (χ4n) is 1.33. The van der Waals surface area contributed by atoms with Crippen LogP contribution in [0, 0.1) is 0 Å². The van der Waals surface area contributed by atoms with Gasteiger partial charge in [-0.15, -0.1) is 0 Å². The van der Waals surface area contributed by atoms with Crippen molar-refractivity contribution in [3.8, 4) is 0 Å². The minimum absolute atomic E-state index is 0.0996. The summed E-state index contributed by atoms with van der Waals surface area (Å²) in [5, 5.41) is 13.3. The van der Waals surface area contributed by atoms with Gasteiger partial charge in [-0.1, -0.05) is 15.9 Å². The van der Waals surface area contributed by atoms with Crippen LogP contribution in [-0.4, -0.2) is 23.1 Å². The molecule has 92 valence electrons. The van der Waals surface area contributed by atoms with E-state index in [1.165, 1.54) is 0 Å². The molecular weight excluding hydrogens is 288 g/mol. The van der Waals surface area contributed by atoms with E-state index in [1.807, 2.05) is 31.2 Å². The van der Waals surface area contributed by atoms with Crippen LogP contribution in [0.4, 0.5) is 10.5 Å². The molecule has 0 aromatic heterocycles. The molecule has 0 spiro atoms. The Bertz CT molecular complexity index is 406. The third-order valence-corrected chi connectivity index (χ3v) is 2.52. The van der Waals surface area contributed by atoms with Crippen LogP contribution in [0.5, 0.6) is 0 Å². The van der Waals surface area contributed by atoms with E-state index in [0.717, 1.165) is 10.2 Å². The monoisotopic (exact) mass is 300 g/mol. The normalized spacial score (nSPS) is 11.6. The zero-order valence-corrected chi connectivity index (χ0v) is 10.8. The van der Waals surface area contributed by atoms with Gasteiger partial charge in [-0.2, -0.15) is 0 Å². The molecular formula is C11H13BrN2O3. The summed E-state index contributed by atoms with van der Waals surface area (Å²) >= 11 is 3.32. The molecule has 0 bridgehead atoms. The number of imide groups is 1. The SMILES string of the molecule is C[C@H](CC(=O)NC(=O)O)Nc1ccc(Br)cc1. The van der Waals surface area contributed by atoms with Gasteiger partial charge in [0, 0.05) is 22.6 Å². The Balaban J connectivity index is 2.44. The van der Waals surface area contributed by atoms with Crippen LogP contribution < -0.4 is 10.6 Å². The van der Waals surface area contributed by atoms with Crippen LogP contribution in [0.15, 0.2) is 28.7 Å². The van der Waals surface area contributed by atoms with Gasteiger partial charge < -0.3 is 10.4 Å². The first-order valence-corrected chi connectivity index (χ1v) is 5.81. The van der Waals surface area contributed by atoms with Crippen molar-refractivity contribution in [3.05, 3.63) is 28.7 Å². The van der Waals surface area contributed by atoms with E-state index >= 15 is 0 Å². The number of carbonyl (C=O) groups excluding carboxylic acids is 1. The molecule has 5 nitrogen and oxygen atoms in total. The molecule has 1 rings (SSSR count). The minimum Gasteiger partial charge on any atom is -0.465 e. The van der Waals surface area contributed by atoms with Crippen molar-refractivity contribution in [2.75, 3.05) is 5.32 Å². The lowest BCUT2D eigenvalue weighted by Crippen LogP contribution is -2.32. The van der Waals surface area contributed by atoms with Gasteiger partial charge in [0.1, 0.15) is 0 Å². The van der Waals surface area contributed by atoms with E-state index < -0.39 is 12.0 Å². The second-order valence-corrected chi connectivity index (χ2v) is 4.53. The summed E-state index contributed by atoms with van der Waals surface area (Å²) in [6.07, 6.45) is -1.23. The van der Waals surface area contributed by atoms with Crippen LogP contribution >= 0.6 is 15.9 Å². The van der Waals surface area contributed by atoms with Gasteiger partial charge in [0.15, 0.2) is 0 Å². The Morgan fingerprint density at radius 3 is 2.47 bits per heavy atom. The van der Waals surface area contributed by atoms with Crippen molar-refractivity contribution in [1.82, 2.24) is 5.32 Å². The number of hydrogen-bond donors (Lipinski definition) is 3. The van der Waals surface area contributed by atoms with Crippen molar-refractivity contribution in [1.29, 1.82) is 0 Å². The molecule has 0 radical (unpaired) electrons. The lowest BCUT2D eigenvalue weighted by atomic mass is 10.2. The van der Waals surface area contributed by atoms with Gasteiger partial charge in [0.05, 0.1) is 0 Å². The first-order chi connectivity index (χ1) is 7.97. The van der Waals surface area contributed by atoms with Crippen LogP contribution in [0.1, 0.15) is 13.3 Å². The van der Waals surface area contributed by atoms with Crippen molar-refractivity contribution in [3.63, 3.8) is 0 Å². The van der Waals surface area contributed by atoms with Crippen LogP contribution in [0.2, 0.25) is 0 Å². The van der Waals surface area contributed by atoms with Gasteiger partial charge in [-0.3, -0.25) is 10.1 Å². The molecule has 0 saturated heterocycles. The number of carboxylic acid groups (broad SMARTS) is 1. The van der Waals surface area contributed by atoms with E-state index in [4.69, 9.17) is 5.11 Å². The molecule has 0 saturated carbocycles. The van der Waals surface area contributed by atoms with E-state index in [9.17, 15) is 9.59 Å². The zero-order chi connectivity index (χ0) is 12.8. The standard InChI is InChI=1S/C11H13BrN2O3/c1-7(6-10(15)14-11(16)17)13-9-4-2-8(12)3-5-9/h2-5,7,13H,6H2,1H3,(H,14,15)(H,16,17)/t7-/m1/s1.